The van der Waals surface area contributed by atoms with Crippen molar-refractivity contribution in [1.29, 1.82) is 0 Å². The van der Waals surface area contributed by atoms with Gasteiger partial charge >= 0.3 is 5.97 Å². The summed E-state index contributed by atoms with van der Waals surface area (Å²) in [6.07, 6.45) is 1.96. The SMILES string of the molecule is CCCOc1ccc(C(=O)O)cc1C(=O)CCC. The molecule has 1 aromatic carbocycles. The first kappa shape index (κ1) is 14.2. The van der Waals surface area contributed by atoms with Crippen molar-refractivity contribution in [3.63, 3.8) is 0 Å². The van der Waals surface area contributed by atoms with Crippen LogP contribution in [0.2, 0.25) is 0 Å². The number of carboxylic acids is 1. The number of hydrogen-bond acceptors (Lipinski definition) is 3. The van der Waals surface area contributed by atoms with Gasteiger partial charge in [0.1, 0.15) is 5.75 Å². The van der Waals surface area contributed by atoms with E-state index in [1.54, 1.807) is 6.07 Å². The normalized spacial score (nSPS) is 10.1. The smallest absolute Gasteiger partial charge is 0.335 e. The molecule has 0 saturated carbocycles. The molecule has 0 unspecified atom stereocenters. The van der Waals surface area contributed by atoms with Crippen LogP contribution >= 0.6 is 0 Å². The average Bonchev–Trinajstić information content (AvgIpc) is 2.36. The van der Waals surface area contributed by atoms with Crippen molar-refractivity contribution < 1.29 is 19.4 Å². The lowest BCUT2D eigenvalue weighted by atomic mass is 10.0. The van der Waals surface area contributed by atoms with Crippen LogP contribution < -0.4 is 4.74 Å². The zero-order valence-electron chi connectivity index (χ0n) is 10.7. The number of ketones is 1. The zero-order valence-corrected chi connectivity index (χ0v) is 10.7. The summed E-state index contributed by atoms with van der Waals surface area (Å²) in [5, 5.41) is 8.94. The lowest BCUT2D eigenvalue weighted by Gasteiger charge is -2.10. The largest absolute Gasteiger partial charge is 0.493 e. The summed E-state index contributed by atoms with van der Waals surface area (Å²) in [7, 11) is 0. The standard InChI is InChI=1S/C14H18O4/c1-3-5-12(15)11-9-10(14(16)17)6-7-13(11)18-8-4-2/h6-7,9H,3-5,8H2,1-2H3,(H,16,17). The molecule has 1 rings (SSSR count). The van der Waals surface area contributed by atoms with Gasteiger partial charge in [0.2, 0.25) is 0 Å². The minimum atomic E-state index is -1.04. The minimum Gasteiger partial charge on any atom is -0.493 e. The van der Waals surface area contributed by atoms with Crippen LogP contribution in [0.5, 0.6) is 5.75 Å². The Morgan fingerprint density at radius 2 is 1.94 bits per heavy atom. The number of rotatable bonds is 7. The number of carbonyl (C=O) groups is 2. The third-order valence-electron chi connectivity index (χ3n) is 2.47. The lowest BCUT2D eigenvalue weighted by molar-refractivity contribution is 0.0697. The molecule has 98 valence electrons. The van der Waals surface area contributed by atoms with Crippen LogP contribution in [-0.4, -0.2) is 23.5 Å². The lowest BCUT2D eigenvalue weighted by Crippen LogP contribution is -2.07. The van der Waals surface area contributed by atoms with Crippen molar-refractivity contribution in [3.8, 4) is 5.75 Å². The second-order valence-electron chi connectivity index (χ2n) is 4.04. The van der Waals surface area contributed by atoms with Crippen molar-refractivity contribution in [2.75, 3.05) is 6.61 Å². The van der Waals surface area contributed by atoms with Crippen LogP contribution in [0.15, 0.2) is 18.2 Å². The number of aromatic carboxylic acids is 1. The molecule has 0 atom stereocenters. The molecular weight excluding hydrogens is 232 g/mol. The van der Waals surface area contributed by atoms with Crippen LogP contribution in [0.1, 0.15) is 53.8 Å². The van der Waals surface area contributed by atoms with Crippen LogP contribution in [0.25, 0.3) is 0 Å². The van der Waals surface area contributed by atoms with E-state index in [0.717, 1.165) is 12.8 Å². The quantitative estimate of drug-likeness (QED) is 0.755. The molecule has 0 fully saturated rings. The van der Waals surface area contributed by atoms with Crippen LogP contribution in [-0.2, 0) is 0 Å². The molecule has 0 amide bonds. The van der Waals surface area contributed by atoms with E-state index in [1.165, 1.54) is 12.1 Å². The van der Waals surface area contributed by atoms with E-state index in [2.05, 4.69) is 0 Å². The fourth-order valence-corrected chi connectivity index (χ4v) is 1.58. The molecule has 0 aromatic heterocycles. The number of carbonyl (C=O) groups excluding carboxylic acids is 1. The molecular formula is C14H18O4. The van der Waals surface area contributed by atoms with Gasteiger partial charge in [0.15, 0.2) is 5.78 Å². The van der Waals surface area contributed by atoms with Gasteiger partial charge in [-0.2, -0.15) is 0 Å². The van der Waals surface area contributed by atoms with Crippen molar-refractivity contribution in [1.82, 2.24) is 0 Å². The van der Waals surface area contributed by atoms with Crippen LogP contribution in [0.4, 0.5) is 0 Å². The van der Waals surface area contributed by atoms with Gasteiger partial charge < -0.3 is 9.84 Å². The molecule has 0 spiro atoms. The van der Waals surface area contributed by atoms with Crippen molar-refractivity contribution in [3.05, 3.63) is 29.3 Å². The highest BCUT2D eigenvalue weighted by atomic mass is 16.5. The summed E-state index contributed by atoms with van der Waals surface area (Å²) < 4.78 is 5.47. The Balaban J connectivity index is 3.09. The van der Waals surface area contributed by atoms with Crippen molar-refractivity contribution in [2.45, 2.75) is 33.1 Å². The summed E-state index contributed by atoms with van der Waals surface area (Å²) in [6, 6.07) is 4.41. The molecule has 0 bridgehead atoms. The molecule has 1 N–H and O–H groups in total. The molecule has 4 heteroatoms. The van der Waals surface area contributed by atoms with Gasteiger partial charge in [0.25, 0.3) is 0 Å². The molecule has 18 heavy (non-hydrogen) atoms. The predicted molar refractivity (Wildman–Crippen MR) is 68.4 cm³/mol. The van der Waals surface area contributed by atoms with E-state index in [4.69, 9.17) is 9.84 Å². The topological polar surface area (TPSA) is 63.6 Å². The van der Waals surface area contributed by atoms with E-state index < -0.39 is 5.97 Å². The molecule has 0 saturated heterocycles. The number of hydrogen-bond donors (Lipinski definition) is 1. The first-order chi connectivity index (χ1) is 8.60. The maximum absolute atomic E-state index is 11.9. The molecule has 1 aromatic rings. The Morgan fingerprint density at radius 1 is 1.22 bits per heavy atom. The summed E-state index contributed by atoms with van der Waals surface area (Å²) in [4.78, 5) is 22.8. The van der Waals surface area contributed by atoms with Gasteiger partial charge in [-0.3, -0.25) is 4.79 Å². The molecule has 0 aliphatic heterocycles. The Morgan fingerprint density at radius 3 is 2.50 bits per heavy atom. The predicted octanol–water partition coefficient (Wildman–Crippen LogP) is 3.16. The van der Waals surface area contributed by atoms with Crippen molar-refractivity contribution >= 4 is 11.8 Å². The first-order valence-corrected chi connectivity index (χ1v) is 6.13. The maximum atomic E-state index is 11.9. The number of benzene rings is 1. The molecule has 0 radical (unpaired) electrons. The van der Waals surface area contributed by atoms with E-state index in [1.807, 2.05) is 13.8 Å². The molecule has 4 nitrogen and oxygen atoms in total. The number of Topliss-reactive ketones (excluding diaryl/α,β-unsaturated/α-hetero) is 1. The zero-order chi connectivity index (χ0) is 13.5. The van der Waals surface area contributed by atoms with E-state index in [9.17, 15) is 9.59 Å². The highest BCUT2D eigenvalue weighted by molar-refractivity contribution is 6.01. The minimum absolute atomic E-state index is 0.0771. The fourth-order valence-electron chi connectivity index (χ4n) is 1.58. The van der Waals surface area contributed by atoms with E-state index in [0.29, 0.717) is 24.3 Å². The highest BCUT2D eigenvalue weighted by Crippen LogP contribution is 2.22. The summed E-state index contributed by atoms with van der Waals surface area (Å²) >= 11 is 0. The highest BCUT2D eigenvalue weighted by Gasteiger charge is 2.15. The monoisotopic (exact) mass is 250 g/mol. The summed E-state index contributed by atoms with van der Waals surface area (Å²) in [6.45, 7) is 4.39. The molecule has 0 aliphatic rings. The van der Waals surface area contributed by atoms with Gasteiger partial charge in [0, 0.05) is 6.42 Å². The molecule has 0 heterocycles. The van der Waals surface area contributed by atoms with Gasteiger partial charge in [0.05, 0.1) is 17.7 Å². The van der Waals surface area contributed by atoms with Gasteiger partial charge in [-0.05, 0) is 31.0 Å². The van der Waals surface area contributed by atoms with Gasteiger partial charge in [-0.15, -0.1) is 0 Å². The third-order valence-corrected chi connectivity index (χ3v) is 2.47. The number of ether oxygens (including phenoxy) is 1. The average molecular weight is 250 g/mol. The fraction of sp³-hybridized carbons (Fsp3) is 0.429. The van der Waals surface area contributed by atoms with E-state index >= 15 is 0 Å². The van der Waals surface area contributed by atoms with Crippen molar-refractivity contribution in [2.24, 2.45) is 0 Å². The molecule has 0 aliphatic carbocycles. The summed E-state index contributed by atoms with van der Waals surface area (Å²) in [5.74, 6) is -0.644. The Kier molecular flexibility index (Phi) is 5.36. The Bertz CT molecular complexity index is 437. The second-order valence-corrected chi connectivity index (χ2v) is 4.04. The van der Waals surface area contributed by atoms with Gasteiger partial charge in [-0.25, -0.2) is 4.79 Å². The number of carboxylic acid groups (broad SMARTS) is 1. The van der Waals surface area contributed by atoms with Gasteiger partial charge in [-0.1, -0.05) is 13.8 Å². The third kappa shape index (κ3) is 3.58. The maximum Gasteiger partial charge on any atom is 0.335 e. The Labute approximate surface area is 107 Å². The van der Waals surface area contributed by atoms with Crippen LogP contribution in [0, 0.1) is 0 Å². The first-order valence-electron chi connectivity index (χ1n) is 6.13. The summed E-state index contributed by atoms with van der Waals surface area (Å²) in [5.41, 5.74) is 0.475. The Hall–Kier alpha value is -1.84. The van der Waals surface area contributed by atoms with E-state index in [-0.39, 0.29) is 11.3 Å². The van der Waals surface area contributed by atoms with Crippen LogP contribution in [0.3, 0.4) is 0 Å². The second kappa shape index (κ2) is 6.79.